The minimum atomic E-state index is -0.249. The van der Waals surface area contributed by atoms with Gasteiger partial charge in [-0.2, -0.15) is 0 Å². The predicted octanol–water partition coefficient (Wildman–Crippen LogP) is 3.52. The van der Waals surface area contributed by atoms with Crippen molar-refractivity contribution in [2.75, 3.05) is 10.6 Å². The van der Waals surface area contributed by atoms with Gasteiger partial charge >= 0.3 is 0 Å². The number of hydrogen-bond donors (Lipinski definition) is 2. The number of amides is 2. The van der Waals surface area contributed by atoms with Crippen LogP contribution >= 0.6 is 0 Å². The fourth-order valence-electron chi connectivity index (χ4n) is 2.36. The van der Waals surface area contributed by atoms with E-state index in [-0.39, 0.29) is 11.8 Å². The molecule has 1 aromatic heterocycles. The maximum Gasteiger partial charge on any atom is 0.257 e. The van der Waals surface area contributed by atoms with Crippen LogP contribution in [0, 0.1) is 0 Å². The van der Waals surface area contributed by atoms with Gasteiger partial charge in [0.15, 0.2) is 0 Å². The Labute approximate surface area is 145 Å². The molecule has 0 fully saturated rings. The van der Waals surface area contributed by atoms with Crippen LogP contribution in [-0.4, -0.2) is 16.8 Å². The van der Waals surface area contributed by atoms with Crippen LogP contribution in [0.1, 0.15) is 15.9 Å². The lowest BCUT2D eigenvalue weighted by Gasteiger charge is -2.09. The lowest BCUT2D eigenvalue weighted by molar-refractivity contribution is -0.115. The molecular weight excluding hydrogens is 314 g/mol. The van der Waals surface area contributed by atoms with E-state index in [1.807, 2.05) is 30.3 Å². The van der Waals surface area contributed by atoms with E-state index >= 15 is 0 Å². The van der Waals surface area contributed by atoms with Gasteiger partial charge in [-0.05, 0) is 35.9 Å². The monoisotopic (exact) mass is 331 g/mol. The second kappa shape index (κ2) is 7.88. The summed E-state index contributed by atoms with van der Waals surface area (Å²) < 4.78 is 0. The third-order valence-corrected chi connectivity index (χ3v) is 3.54. The molecule has 0 aliphatic carbocycles. The largest absolute Gasteiger partial charge is 0.326 e. The van der Waals surface area contributed by atoms with Crippen LogP contribution in [0.4, 0.5) is 11.4 Å². The number of aromatic nitrogens is 1. The van der Waals surface area contributed by atoms with Crippen molar-refractivity contribution in [3.05, 3.63) is 90.3 Å². The maximum absolute atomic E-state index is 12.2. The highest BCUT2D eigenvalue weighted by atomic mass is 16.2. The highest BCUT2D eigenvalue weighted by Gasteiger charge is 2.08. The Kier molecular flexibility index (Phi) is 5.16. The van der Waals surface area contributed by atoms with E-state index < -0.39 is 0 Å². The summed E-state index contributed by atoms with van der Waals surface area (Å²) in [7, 11) is 0. The zero-order chi connectivity index (χ0) is 17.5. The molecule has 2 N–H and O–H groups in total. The minimum Gasteiger partial charge on any atom is -0.326 e. The molecule has 0 bridgehead atoms. The Balaban J connectivity index is 1.63. The quantitative estimate of drug-likeness (QED) is 0.751. The van der Waals surface area contributed by atoms with Gasteiger partial charge in [-0.3, -0.25) is 14.6 Å². The first-order valence-electron chi connectivity index (χ1n) is 7.86. The Bertz CT molecular complexity index is 864. The first-order valence-corrected chi connectivity index (χ1v) is 7.86. The van der Waals surface area contributed by atoms with Gasteiger partial charge in [0.25, 0.3) is 5.91 Å². The molecule has 5 heteroatoms. The standard InChI is InChI=1S/C20H17N3O2/c24-19(12-15-6-2-1-3-7-15)22-17-9-4-10-18(13-17)23-20(25)16-8-5-11-21-14-16/h1-11,13-14H,12H2,(H,22,24)(H,23,25). The summed E-state index contributed by atoms with van der Waals surface area (Å²) in [6.45, 7) is 0. The summed E-state index contributed by atoms with van der Waals surface area (Å²) in [5.74, 6) is -0.359. The number of nitrogens with zero attached hydrogens (tertiary/aromatic N) is 1. The van der Waals surface area contributed by atoms with Crippen LogP contribution in [0.15, 0.2) is 79.1 Å². The SMILES string of the molecule is O=C(Cc1ccccc1)Nc1cccc(NC(=O)c2cccnc2)c1. The first-order chi connectivity index (χ1) is 12.2. The molecule has 3 rings (SSSR count). The number of pyridine rings is 1. The number of carbonyl (C=O) groups excluding carboxylic acids is 2. The molecule has 124 valence electrons. The van der Waals surface area contributed by atoms with Crippen LogP contribution in [0.25, 0.3) is 0 Å². The smallest absolute Gasteiger partial charge is 0.257 e. The van der Waals surface area contributed by atoms with Crippen molar-refractivity contribution in [2.24, 2.45) is 0 Å². The van der Waals surface area contributed by atoms with Gasteiger partial charge in [0.2, 0.25) is 5.91 Å². The van der Waals surface area contributed by atoms with Gasteiger partial charge < -0.3 is 10.6 Å². The lowest BCUT2D eigenvalue weighted by Crippen LogP contribution is -2.15. The van der Waals surface area contributed by atoms with E-state index in [0.29, 0.717) is 23.4 Å². The van der Waals surface area contributed by atoms with E-state index in [0.717, 1.165) is 5.56 Å². The van der Waals surface area contributed by atoms with Crippen LogP contribution < -0.4 is 10.6 Å². The molecule has 0 spiro atoms. The summed E-state index contributed by atoms with van der Waals surface area (Å²) in [6, 6.07) is 20.0. The average Bonchev–Trinajstić information content (AvgIpc) is 2.63. The second-order valence-electron chi connectivity index (χ2n) is 5.49. The molecule has 2 aromatic carbocycles. The molecule has 0 saturated heterocycles. The third kappa shape index (κ3) is 4.75. The highest BCUT2D eigenvalue weighted by molar-refractivity contribution is 6.04. The summed E-state index contributed by atoms with van der Waals surface area (Å²) in [6.07, 6.45) is 3.41. The van der Waals surface area contributed by atoms with Gasteiger partial charge in [-0.1, -0.05) is 36.4 Å². The maximum atomic E-state index is 12.2. The number of benzene rings is 2. The third-order valence-electron chi connectivity index (χ3n) is 3.54. The van der Waals surface area contributed by atoms with E-state index in [9.17, 15) is 9.59 Å². The molecular formula is C20H17N3O2. The topological polar surface area (TPSA) is 71.1 Å². The van der Waals surface area contributed by atoms with E-state index in [1.54, 1.807) is 42.6 Å². The first kappa shape index (κ1) is 16.4. The molecule has 0 unspecified atom stereocenters. The summed E-state index contributed by atoms with van der Waals surface area (Å²) >= 11 is 0. The molecule has 0 atom stereocenters. The van der Waals surface area contributed by atoms with Crippen LogP contribution in [0.2, 0.25) is 0 Å². The summed E-state index contributed by atoms with van der Waals surface area (Å²) in [4.78, 5) is 28.2. The van der Waals surface area contributed by atoms with Crippen molar-refractivity contribution in [1.29, 1.82) is 0 Å². The molecule has 2 amide bonds. The molecule has 0 radical (unpaired) electrons. The zero-order valence-electron chi connectivity index (χ0n) is 13.5. The fourth-order valence-corrected chi connectivity index (χ4v) is 2.36. The Hall–Kier alpha value is -3.47. The highest BCUT2D eigenvalue weighted by Crippen LogP contribution is 2.16. The predicted molar refractivity (Wildman–Crippen MR) is 97.4 cm³/mol. The number of nitrogens with one attached hydrogen (secondary N) is 2. The zero-order valence-corrected chi connectivity index (χ0v) is 13.5. The number of rotatable bonds is 5. The van der Waals surface area contributed by atoms with Gasteiger partial charge in [0.1, 0.15) is 0 Å². The fraction of sp³-hybridized carbons (Fsp3) is 0.0500. The van der Waals surface area contributed by atoms with Crippen LogP contribution in [0.3, 0.4) is 0 Å². The minimum absolute atomic E-state index is 0.109. The van der Waals surface area contributed by atoms with Crippen molar-refractivity contribution in [3.63, 3.8) is 0 Å². The molecule has 1 heterocycles. The van der Waals surface area contributed by atoms with Crippen molar-refractivity contribution >= 4 is 23.2 Å². The lowest BCUT2D eigenvalue weighted by atomic mass is 10.1. The average molecular weight is 331 g/mol. The molecule has 3 aromatic rings. The number of carbonyl (C=O) groups is 2. The Morgan fingerprint density at radius 1 is 0.840 bits per heavy atom. The van der Waals surface area contributed by atoms with Gasteiger partial charge in [-0.25, -0.2) is 0 Å². The van der Waals surface area contributed by atoms with E-state index in [1.165, 1.54) is 6.20 Å². The normalized spacial score (nSPS) is 10.1. The molecule has 5 nitrogen and oxygen atoms in total. The number of anilines is 2. The molecule has 0 aliphatic rings. The van der Waals surface area contributed by atoms with Crippen LogP contribution in [0.5, 0.6) is 0 Å². The molecule has 0 aliphatic heterocycles. The summed E-state index contributed by atoms with van der Waals surface area (Å²) in [5, 5.41) is 5.63. The molecule has 25 heavy (non-hydrogen) atoms. The van der Waals surface area contributed by atoms with Gasteiger partial charge in [-0.15, -0.1) is 0 Å². The Morgan fingerprint density at radius 3 is 2.32 bits per heavy atom. The van der Waals surface area contributed by atoms with Crippen molar-refractivity contribution in [1.82, 2.24) is 4.98 Å². The Morgan fingerprint density at radius 2 is 1.60 bits per heavy atom. The van der Waals surface area contributed by atoms with E-state index in [2.05, 4.69) is 15.6 Å². The van der Waals surface area contributed by atoms with Crippen molar-refractivity contribution < 1.29 is 9.59 Å². The number of hydrogen-bond acceptors (Lipinski definition) is 3. The van der Waals surface area contributed by atoms with Crippen molar-refractivity contribution in [3.8, 4) is 0 Å². The second-order valence-corrected chi connectivity index (χ2v) is 5.49. The van der Waals surface area contributed by atoms with Gasteiger partial charge in [0, 0.05) is 23.8 Å². The molecule has 0 saturated carbocycles. The van der Waals surface area contributed by atoms with Gasteiger partial charge in [0.05, 0.1) is 12.0 Å². The van der Waals surface area contributed by atoms with E-state index in [4.69, 9.17) is 0 Å². The summed E-state index contributed by atoms with van der Waals surface area (Å²) in [5.41, 5.74) is 2.65. The van der Waals surface area contributed by atoms with Crippen LogP contribution in [-0.2, 0) is 11.2 Å². The van der Waals surface area contributed by atoms with Crippen molar-refractivity contribution in [2.45, 2.75) is 6.42 Å².